The van der Waals surface area contributed by atoms with Crippen molar-refractivity contribution < 1.29 is 38.6 Å². The number of pyridine rings is 1. The first-order valence-corrected chi connectivity index (χ1v) is 23.5. The lowest BCUT2D eigenvalue weighted by Crippen LogP contribution is -2.66. The number of hydrogen-bond donors (Lipinski definition) is 5. The first-order chi connectivity index (χ1) is 32.0. The lowest BCUT2D eigenvalue weighted by molar-refractivity contribution is -0.155. The van der Waals surface area contributed by atoms with Crippen LogP contribution >= 0.6 is 0 Å². The van der Waals surface area contributed by atoms with E-state index in [1.807, 2.05) is 39.0 Å². The van der Waals surface area contributed by atoms with Crippen molar-refractivity contribution in [2.24, 2.45) is 11.3 Å². The number of benzene rings is 2. The largest absolute Gasteiger partial charge is 0.508 e. The summed E-state index contributed by atoms with van der Waals surface area (Å²) >= 11 is 0. The topological polar surface area (TPSA) is 210 Å². The second-order valence-electron chi connectivity index (χ2n) is 19.7. The highest BCUT2D eigenvalue weighted by Gasteiger charge is 2.42. The Kier molecular flexibility index (Phi) is 13.7. The van der Waals surface area contributed by atoms with Crippen LogP contribution in [0.25, 0.3) is 33.3 Å². The zero-order valence-electron chi connectivity index (χ0n) is 39.8. The van der Waals surface area contributed by atoms with Crippen LogP contribution in [0, 0.1) is 11.3 Å². The third kappa shape index (κ3) is 10.00. The van der Waals surface area contributed by atoms with Gasteiger partial charge in [-0.3, -0.25) is 29.2 Å². The number of urea groups is 1. The SMILES string of the molecule is CCn1c(-c2cccnc2[C@H](C)OC)c2c3cc(ccc31)-c1cc(O)cc(c1)C[C@H](NC(=O)[C@H](C(C)C)N(C)C(=O)N1CC(NC(=O)[C@@H]3CN3)C1)C(=O)N1CCC[C@H](N1)C(=O)OCC(C)(C)C2. The number of methoxy groups -OCH3 is 1. The molecule has 4 aliphatic heterocycles. The van der Waals surface area contributed by atoms with Gasteiger partial charge >= 0.3 is 12.0 Å². The first-order valence-electron chi connectivity index (χ1n) is 23.5. The molecule has 0 spiro atoms. The second-order valence-corrected chi connectivity index (χ2v) is 19.7. The number of nitrogens with zero attached hydrogens (tertiary/aromatic N) is 5. The molecule has 2 aromatic carbocycles. The maximum Gasteiger partial charge on any atom is 0.324 e. The molecule has 6 bridgehead atoms. The molecule has 5 atom stereocenters. The number of hydrazine groups is 1. The molecule has 67 heavy (non-hydrogen) atoms. The van der Waals surface area contributed by atoms with E-state index in [2.05, 4.69) is 64.9 Å². The Bertz CT molecular complexity index is 2550. The molecule has 3 fully saturated rings. The van der Waals surface area contributed by atoms with E-state index in [9.17, 15) is 29.1 Å². The molecule has 17 heteroatoms. The number of likely N-dealkylation sites (N-methyl/N-ethyl adjacent to an activating group) is 1. The molecule has 358 valence electrons. The zero-order chi connectivity index (χ0) is 47.9. The van der Waals surface area contributed by atoms with Gasteiger partial charge in [0, 0.05) is 81.4 Å². The average molecular weight is 920 g/mol. The van der Waals surface area contributed by atoms with Crippen molar-refractivity contribution >= 4 is 40.6 Å². The first kappa shape index (κ1) is 47.5. The maximum absolute atomic E-state index is 14.7. The van der Waals surface area contributed by atoms with E-state index in [1.54, 1.807) is 37.4 Å². The van der Waals surface area contributed by atoms with Gasteiger partial charge in [0.05, 0.1) is 36.2 Å². The van der Waals surface area contributed by atoms with Gasteiger partial charge in [0.2, 0.25) is 11.8 Å². The minimum atomic E-state index is -1.16. The van der Waals surface area contributed by atoms with Gasteiger partial charge in [0.15, 0.2) is 0 Å². The third-order valence-electron chi connectivity index (χ3n) is 13.5. The van der Waals surface area contributed by atoms with Crippen molar-refractivity contribution in [3.05, 3.63) is 71.5 Å². The van der Waals surface area contributed by atoms with Crippen LogP contribution in [-0.4, -0.2) is 136 Å². The van der Waals surface area contributed by atoms with E-state index >= 15 is 0 Å². The molecular formula is C50H65N9O8. The molecule has 3 saturated heterocycles. The molecule has 0 unspecified atom stereocenters. The summed E-state index contributed by atoms with van der Waals surface area (Å²) in [6, 6.07) is 11.8. The Labute approximate surface area is 391 Å². The number of rotatable bonds is 10. The number of amides is 5. The number of hydrogen-bond acceptors (Lipinski definition) is 11. The van der Waals surface area contributed by atoms with Gasteiger partial charge in [-0.05, 0) is 97.7 Å². The molecule has 17 nitrogen and oxygen atoms in total. The van der Waals surface area contributed by atoms with Crippen LogP contribution in [0.3, 0.4) is 0 Å². The fraction of sp³-hybridized carbons (Fsp3) is 0.520. The van der Waals surface area contributed by atoms with Crippen molar-refractivity contribution in [3.8, 4) is 28.1 Å². The number of carbonyl (C=O) groups excluding carboxylic acids is 5. The van der Waals surface area contributed by atoms with Crippen molar-refractivity contribution in [2.75, 3.05) is 46.9 Å². The van der Waals surface area contributed by atoms with Crippen LogP contribution < -0.4 is 21.4 Å². The number of cyclic esters (lactones) is 1. The number of nitrogens with one attached hydrogen (secondary N) is 4. The molecule has 4 aromatic rings. The summed E-state index contributed by atoms with van der Waals surface area (Å²) in [5, 5.41) is 22.6. The monoisotopic (exact) mass is 919 g/mol. The molecule has 2 aromatic heterocycles. The maximum atomic E-state index is 14.7. The molecule has 5 amide bonds. The number of aromatic nitrogens is 2. The van der Waals surface area contributed by atoms with Gasteiger partial charge in [-0.2, -0.15) is 0 Å². The fourth-order valence-electron chi connectivity index (χ4n) is 9.86. The lowest BCUT2D eigenvalue weighted by Gasteiger charge is -2.43. The summed E-state index contributed by atoms with van der Waals surface area (Å²) < 4.78 is 14.2. The van der Waals surface area contributed by atoms with Gasteiger partial charge in [0.25, 0.3) is 5.91 Å². The highest BCUT2D eigenvalue weighted by molar-refractivity contribution is 5.96. The number of aryl methyl sites for hydroxylation is 1. The summed E-state index contributed by atoms with van der Waals surface area (Å²) in [4.78, 5) is 76.9. The summed E-state index contributed by atoms with van der Waals surface area (Å²) in [5.74, 6) is -1.93. The predicted octanol–water partition coefficient (Wildman–Crippen LogP) is 4.30. The van der Waals surface area contributed by atoms with Crippen molar-refractivity contribution in [1.82, 2.24) is 45.7 Å². The Balaban J connectivity index is 1.16. The number of likely N-dealkylation sites (tertiary alicyclic amines) is 1. The predicted molar refractivity (Wildman–Crippen MR) is 252 cm³/mol. The van der Waals surface area contributed by atoms with Crippen LogP contribution in [0.2, 0.25) is 0 Å². The number of ether oxygens (including phenoxy) is 2. The second kappa shape index (κ2) is 19.3. The van der Waals surface area contributed by atoms with Crippen LogP contribution in [0.1, 0.15) is 77.3 Å². The standard InChI is InChI=1S/C50H65N9O8/c1-9-58-41-15-14-31-22-36(41)37(44(58)35-12-10-16-51-42(35)29(4)66-8)23-50(5,6)27-67-48(64)38-13-11-17-59(55-38)47(63)39(20-30-18-32(31)21-34(60)19-30)54-46(62)43(28(2)3)56(7)49(65)57-25-33(26-57)53-45(61)40-24-52-40/h10,12,14-16,18-19,21-22,28-29,33,38-40,43,52,55,60H,9,11,13,17,20,23-27H2,1-8H3,(H,53,61)(H,54,62)/t29-,38-,39-,40-,43-/m0/s1. The molecule has 8 rings (SSSR count). The number of aromatic hydroxyl groups is 1. The van der Waals surface area contributed by atoms with Crippen LogP contribution in [-0.2, 0) is 48.0 Å². The molecule has 6 heterocycles. The minimum absolute atomic E-state index is 0.00932. The van der Waals surface area contributed by atoms with E-state index in [4.69, 9.17) is 14.5 Å². The summed E-state index contributed by atoms with van der Waals surface area (Å²) in [7, 11) is 3.24. The number of esters is 1. The summed E-state index contributed by atoms with van der Waals surface area (Å²) in [5.41, 5.74) is 9.54. The summed E-state index contributed by atoms with van der Waals surface area (Å²) in [6.45, 7) is 14.2. The average Bonchev–Trinajstić information content (AvgIpc) is 4.11. The van der Waals surface area contributed by atoms with E-state index in [0.717, 1.165) is 44.5 Å². The van der Waals surface area contributed by atoms with Gasteiger partial charge in [-0.25, -0.2) is 10.2 Å². The lowest BCUT2D eigenvalue weighted by atomic mass is 9.84. The molecular weight excluding hydrogens is 855 g/mol. The fourth-order valence-corrected chi connectivity index (χ4v) is 9.86. The van der Waals surface area contributed by atoms with Crippen LogP contribution in [0.4, 0.5) is 4.79 Å². The van der Waals surface area contributed by atoms with E-state index < -0.39 is 41.3 Å². The molecule has 4 aliphatic rings. The smallest absolute Gasteiger partial charge is 0.324 e. The number of fused-ring (bicyclic) bond motifs is 6. The van der Waals surface area contributed by atoms with Crippen molar-refractivity contribution in [3.63, 3.8) is 0 Å². The Morgan fingerprint density at radius 3 is 2.52 bits per heavy atom. The highest BCUT2D eigenvalue weighted by atomic mass is 16.5. The van der Waals surface area contributed by atoms with Crippen molar-refractivity contribution in [2.45, 2.75) is 110 Å². The van der Waals surface area contributed by atoms with E-state index in [1.165, 1.54) is 9.91 Å². The number of carbonyl (C=O) groups is 5. The quantitative estimate of drug-likeness (QED) is 0.112. The number of phenolic OH excluding ortho intramolecular Hbond substituents is 1. The van der Waals surface area contributed by atoms with Gasteiger partial charge in [-0.15, -0.1) is 0 Å². The molecule has 0 radical (unpaired) electrons. The molecule has 0 aliphatic carbocycles. The molecule has 5 N–H and O–H groups in total. The highest BCUT2D eigenvalue weighted by Crippen LogP contribution is 2.42. The summed E-state index contributed by atoms with van der Waals surface area (Å²) in [6.07, 6.45) is 2.97. The van der Waals surface area contributed by atoms with Crippen LogP contribution in [0.5, 0.6) is 5.75 Å². The van der Waals surface area contributed by atoms with Gasteiger partial charge in [-0.1, -0.05) is 39.8 Å². The Hall–Kier alpha value is -6.04. The Morgan fingerprint density at radius 2 is 1.82 bits per heavy atom. The zero-order valence-corrected chi connectivity index (χ0v) is 39.8. The Morgan fingerprint density at radius 1 is 1.06 bits per heavy atom. The third-order valence-corrected chi connectivity index (χ3v) is 13.5. The van der Waals surface area contributed by atoms with E-state index in [0.29, 0.717) is 51.0 Å². The minimum Gasteiger partial charge on any atom is -0.508 e. The van der Waals surface area contributed by atoms with Gasteiger partial charge < -0.3 is 44.9 Å². The number of phenols is 1. The van der Waals surface area contributed by atoms with E-state index in [-0.39, 0.29) is 61.4 Å². The molecule has 0 saturated carbocycles. The van der Waals surface area contributed by atoms with Crippen LogP contribution in [0.15, 0.2) is 54.7 Å². The van der Waals surface area contributed by atoms with Crippen molar-refractivity contribution in [1.29, 1.82) is 0 Å². The normalized spacial score (nSPS) is 21.8. The van der Waals surface area contributed by atoms with Gasteiger partial charge in [0.1, 0.15) is 23.9 Å².